The van der Waals surface area contributed by atoms with Crippen LogP contribution in [-0.2, 0) is 4.79 Å². The molecule has 0 spiro atoms. The quantitative estimate of drug-likeness (QED) is 0.369. The highest BCUT2D eigenvalue weighted by molar-refractivity contribution is 5.66. The zero-order valence-corrected chi connectivity index (χ0v) is 15.8. The van der Waals surface area contributed by atoms with Crippen molar-refractivity contribution in [3.63, 3.8) is 0 Å². The fraction of sp³-hybridized carbons (Fsp3) is 0.500. The van der Waals surface area contributed by atoms with Gasteiger partial charge in [0.1, 0.15) is 0 Å². The summed E-state index contributed by atoms with van der Waals surface area (Å²) in [6.45, 7) is 2.09. The lowest BCUT2D eigenvalue weighted by atomic mass is 10.1. The van der Waals surface area contributed by atoms with Crippen molar-refractivity contribution in [2.24, 2.45) is 0 Å². The monoisotopic (exact) mass is 362 g/mol. The summed E-state index contributed by atoms with van der Waals surface area (Å²) in [5.74, 6) is -0.775. The number of allylic oxidation sites excluding steroid dienone is 8. The van der Waals surface area contributed by atoms with Crippen LogP contribution in [0.2, 0.25) is 0 Å². The normalized spacial score (nSPS) is 15.2. The van der Waals surface area contributed by atoms with E-state index in [0.29, 0.717) is 19.3 Å². The van der Waals surface area contributed by atoms with Crippen molar-refractivity contribution in [1.82, 2.24) is 0 Å². The van der Waals surface area contributed by atoms with E-state index in [9.17, 15) is 15.0 Å². The zero-order valence-electron chi connectivity index (χ0n) is 15.8. The summed E-state index contributed by atoms with van der Waals surface area (Å²) in [5, 5.41) is 28.3. The Balaban J connectivity index is 3.77. The van der Waals surface area contributed by atoms with Crippen LogP contribution in [0.15, 0.2) is 60.8 Å². The van der Waals surface area contributed by atoms with Crippen molar-refractivity contribution in [2.45, 2.75) is 70.5 Å². The van der Waals surface area contributed by atoms with Crippen molar-refractivity contribution in [3.8, 4) is 0 Å². The molecule has 146 valence electrons. The molecule has 0 saturated heterocycles. The van der Waals surface area contributed by atoms with Crippen LogP contribution in [0.5, 0.6) is 0 Å². The van der Waals surface area contributed by atoms with Gasteiger partial charge in [-0.3, -0.25) is 4.79 Å². The molecule has 0 radical (unpaired) electrons. The SMILES string of the molecule is CC/C=C/C/C=C/C[C@@H](O)[C@H](O)C/C=C/C/C=C/C/C=C/CCC(=O)O. The average Bonchev–Trinajstić information content (AvgIpc) is 2.61. The summed E-state index contributed by atoms with van der Waals surface area (Å²) in [6.07, 6.45) is 23.4. The van der Waals surface area contributed by atoms with E-state index >= 15 is 0 Å². The molecular formula is C22H34O4. The minimum atomic E-state index is -0.775. The van der Waals surface area contributed by atoms with E-state index in [1.165, 1.54) is 0 Å². The predicted molar refractivity (Wildman–Crippen MR) is 108 cm³/mol. The van der Waals surface area contributed by atoms with Crippen molar-refractivity contribution in [2.75, 3.05) is 0 Å². The molecule has 0 unspecified atom stereocenters. The molecule has 0 aromatic carbocycles. The van der Waals surface area contributed by atoms with Crippen LogP contribution in [0.1, 0.15) is 58.3 Å². The van der Waals surface area contributed by atoms with E-state index in [1.807, 2.05) is 48.6 Å². The van der Waals surface area contributed by atoms with E-state index in [2.05, 4.69) is 19.1 Å². The number of hydrogen-bond acceptors (Lipinski definition) is 3. The molecule has 4 heteroatoms. The largest absolute Gasteiger partial charge is 0.481 e. The van der Waals surface area contributed by atoms with Crippen molar-refractivity contribution in [1.29, 1.82) is 0 Å². The van der Waals surface area contributed by atoms with Gasteiger partial charge in [-0.25, -0.2) is 0 Å². The molecule has 2 atom stereocenters. The molecule has 0 aromatic rings. The van der Waals surface area contributed by atoms with Gasteiger partial charge in [0, 0.05) is 6.42 Å². The number of carboxylic acids is 1. The summed E-state index contributed by atoms with van der Waals surface area (Å²) in [7, 11) is 0. The molecular weight excluding hydrogens is 328 g/mol. The Morgan fingerprint density at radius 3 is 1.62 bits per heavy atom. The van der Waals surface area contributed by atoms with Crippen LogP contribution in [0.4, 0.5) is 0 Å². The highest BCUT2D eigenvalue weighted by atomic mass is 16.4. The highest BCUT2D eigenvalue weighted by Gasteiger charge is 2.12. The highest BCUT2D eigenvalue weighted by Crippen LogP contribution is 2.06. The third-order valence-electron chi connectivity index (χ3n) is 3.61. The first-order chi connectivity index (χ1) is 12.6. The van der Waals surface area contributed by atoms with Gasteiger partial charge < -0.3 is 15.3 Å². The summed E-state index contributed by atoms with van der Waals surface area (Å²) in [6, 6.07) is 0. The second kappa shape index (κ2) is 17.9. The zero-order chi connectivity index (χ0) is 19.5. The van der Waals surface area contributed by atoms with E-state index < -0.39 is 18.2 Å². The molecule has 0 heterocycles. The Kier molecular flexibility index (Phi) is 16.6. The van der Waals surface area contributed by atoms with Gasteiger partial charge in [0.2, 0.25) is 0 Å². The number of aliphatic hydroxyl groups is 2. The van der Waals surface area contributed by atoms with Gasteiger partial charge in [0.15, 0.2) is 0 Å². The maximum atomic E-state index is 10.3. The minimum absolute atomic E-state index is 0.169. The lowest BCUT2D eigenvalue weighted by Gasteiger charge is -2.14. The Morgan fingerprint density at radius 1 is 0.731 bits per heavy atom. The third-order valence-corrected chi connectivity index (χ3v) is 3.61. The predicted octanol–water partition coefficient (Wildman–Crippen LogP) is 4.71. The lowest BCUT2D eigenvalue weighted by molar-refractivity contribution is -0.136. The topological polar surface area (TPSA) is 77.8 Å². The molecule has 0 aliphatic carbocycles. The summed E-state index contributed by atoms with van der Waals surface area (Å²) in [5.41, 5.74) is 0. The fourth-order valence-electron chi connectivity index (χ4n) is 2.09. The van der Waals surface area contributed by atoms with E-state index in [-0.39, 0.29) is 6.42 Å². The van der Waals surface area contributed by atoms with Gasteiger partial charge in [-0.15, -0.1) is 0 Å². The molecule has 0 rings (SSSR count). The van der Waals surface area contributed by atoms with Crippen LogP contribution in [0, 0.1) is 0 Å². The Labute approximate surface area is 157 Å². The Hall–Kier alpha value is -1.91. The summed E-state index contributed by atoms with van der Waals surface area (Å²) >= 11 is 0. The molecule has 0 fully saturated rings. The summed E-state index contributed by atoms with van der Waals surface area (Å²) in [4.78, 5) is 10.3. The van der Waals surface area contributed by atoms with Crippen molar-refractivity contribution < 1.29 is 20.1 Å². The molecule has 0 bridgehead atoms. The van der Waals surface area contributed by atoms with Crippen LogP contribution >= 0.6 is 0 Å². The third kappa shape index (κ3) is 16.9. The van der Waals surface area contributed by atoms with Crippen molar-refractivity contribution in [3.05, 3.63) is 60.8 Å². The van der Waals surface area contributed by atoms with E-state index in [1.54, 1.807) is 0 Å². The molecule has 0 saturated carbocycles. The lowest BCUT2D eigenvalue weighted by Crippen LogP contribution is -2.24. The Bertz CT molecular complexity index is 486. The van der Waals surface area contributed by atoms with E-state index in [4.69, 9.17) is 5.11 Å². The molecule has 26 heavy (non-hydrogen) atoms. The van der Waals surface area contributed by atoms with Crippen LogP contribution in [0.3, 0.4) is 0 Å². The van der Waals surface area contributed by atoms with Gasteiger partial charge >= 0.3 is 5.97 Å². The standard InChI is InChI=1S/C22H34O4/c1-2-3-4-5-11-14-17-20(23)21(24)18-15-12-9-7-6-8-10-13-16-19-22(25)26/h3-4,6-7,10-15,20-21,23-24H,2,5,8-9,16-19H2,1H3,(H,25,26)/b4-3+,7-6+,13-10+,14-11+,15-12+/t20-,21-/m1/s1. The van der Waals surface area contributed by atoms with Crippen LogP contribution in [-0.4, -0.2) is 33.5 Å². The van der Waals surface area contributed by atoms with Gasteiger partial charge in [-0.05, 0) is 44.9 Å². The molecule has 0 aliphatic heterocycles. The molecule has 0 aliphatic rings. The van der Waals surface area contributed by atoms with Gasteiger partial charge in [0.25, 0.3) is 0 Å². The number of rotatable bonds is 15. The maximum absolute atomic E-state index is 10.3. The van der Waals surface area contributed by atoms with Crippen molar-refractivity contribution >= 4 is 5.97 Å². The minimum Gasteiger partial charge on any atom is -0.481 e. The van der Waals surface area contributed by atoms with Gasteiger partial charge in [0.05, 0.1) is 12.2 Å². The van der Waals surface area contributed by atoms with Crippen LogP contribution < -0.4 is 0 Å². The molecule has 3 N–H and O–H groups in total. The van der Waals surface area contributed by atoms with E-state index in [0.717, 1.165) is 25.7 Å². The van der Waals surface area contributed by atoms with Gasteiger partial charge in [-0.1, -0.05) is 67.7 Å². The number of aliphatic carboxylic acids is 1. The first-order valence-corrected chi connectivity index (χ1v) is 9.40. The number of hydrogen-bond donors (Lipinski definition) is 3. The van der Waals surface area contributed by atoms with Crippen LogP contribution in [0.25, 0.3) is 0 Å². The summed E-state index contributed by atoms with van der Waals surface area (Å²) < 4.78 is 0. The smallest absolute Gasteiger partial charge is 0.303 e. The second-order valence-corrected chi connectivity index (χ2v) is 6.01. The number of carboxylic acid groups (broad SMARTS) is 1. The Morgan fingerprint density at radius 2 is 1.15 bits per heavy atom. The second-order valence-electron chi connectivity index (χ2n) is 6.01. The number of carbonyl (C=O) groups is 1. The molecule has 4 nitrogen and oxygen atoms in total. The first kappa shape index (κ1) is 24.1. The first-order valence-electron chi connectivity index (χ1n) is 9.40. The van der Waals surface area contributed by atoms with Gasteiger partial charge in [-0.2, -0.15) is 0 Å². The fourth-order valence-corrected chi connectivity index (χ4v) is 2.09. The average molecular weight is 363 g/mol. The number of aliphatic hydroxyl groups excluding tert-OH is 2. The molecule has 0 aromatic heterocycles. The maximum Gasteiger partial charge on any atom is 0.303 e. The molecule has 0 amide bonds.